The average Bonchev–Trinajstić information content (AvgIpc) is 3.15. The molecule has 1 fully saturated rings. The molecule has 1 saturated heterocycles. The molecule has 138 valence electrons. The van der Waals surface area contributed by atoms with E-state index in [9.17, 15) is 14.4 Å². The lowest BCUT2D eigenvalue weighted by Gasteiger charge is -2.34. The van der Waals surface area contributed by atoms with Crippen molar-refractivity contribution in [3.05, 3.63) is 24.2 Å². The van der Waals surface area contributed by atoms with E-state index in [-0.39, 0.29) is 17.7 Å². The summed E-state index contributed by atoms with van der Waals surface area (Å²) in [7, 11) is 0. The molecule has 1 aromatic rings. The standard InChI is InChI=1S/C18H27N3O4/c1-3-4-8-19(15(2)22)9-7-17(23)20-10-12-21(13-11-20)18(24)16-6-5-14-25-16/h5-6,14H,3-4,7-13H2,1-2H3. The molecular weight excluding hydrogens is 322 g/mol. The predicted octanol–water partition coefficient (Wildman–Crippen LogP) is 1.60. The predicted molar refractivity (Wildman–Crippen MR) is 93.0 cm³/mol. The fourth-order valence-corrected chi connectivity index (χ4v) is 2.88. The van der Waals surface area contributed by atoms with Gasteiger partial charge in [-0.1, -0.05) is 13.3 Å². The molecule has 0 aromatic carbocycles. The highest BCUT2D eigenvalue weighted by molar-refractivity contribution is 5.91. The Morgan fingerprint density at radius 2 is 1.80 bits per heavy atom. The smallest absolute Gasteiger partial charge is 0.289 e. The monoisotopic (exact) mass is 349 g/mol. The number of rotatable bonds is 7. The van der Waals surface area contributed by atoms with E-state index in [1.54, 1.807) is 33.8 Å². The van der Waals surface area contributed by atoms with E-state index < -0.39 is 0 Å². The third kappa shape index (κ3) is 5.34. The van der Waals surface area contributed by atoms with Crippen molar-refractivity contribution in [1.29, 1.82) is 0 Å². The van der Waals surface area contributed by atoms with Crippen molar-refractivity contribution in [2.24, 2.45) is 0 Å². The zero-order valence-electron chi connectivity index (χ0n) is 15.1. The van der Waals surface area contributed by atoms with E-state index in [2.05, 4.69) is 6.92 Å². The van der Waals surface area contributed by atoms with Crippen LogP contribution in [0.15, 0.2) is 22.8 Å². The van der Waals surface area contributed by atoms with Crippen LogP contribution in [0, 0.1) is 0 Å². The number of unbranched alkanes of at least 4 members (excludes halogenated alkanes) is 1. The largest absolute Gasteiger partial charge is 0.459 e. The van der Waals surface area contributed by atoms with Crippen molar-refractivity contribution >= 4 is 17.7 Å². The van der Waals surface area contributed by atoms with Gasteiger partial charge in [0, 0.05) is 52.6 Å². The van der Waals surface area contributed by atoms with Crippen LogP contribution in [-0.4, -0.2) is 71.7 Å². The van der Waals surface area contributed by atoms with Crippen LogP contribution >= 0.6 is 0 Å². The number of hydrogen-bond acceptors (Lipinski definition) is 4. The van der Waals surface area contributed by atoms with Gasteiger partial charge in [0.25, 0.3) is 5.91 Å². The van der Waals surface area contributed by atoms with Crippen LogP contribution < -0.4 is 0 Å². The summed E-state index contributed by atoms with van der Waals surface area (Å²) in [4.78, 5) is 41.4. The molecule has 7 nitrogen and oxygen atoms in total. The van der Waals surface area contributed by atoms with Gasteiger partial charge in [-0.05, 0) is 18.6 Å². The molecule has 0 radical (unpaired) electrons. The summed E-state index contributed by atoms with van der Waals surface area (Å²) in [6, 6.07) is 3.33. The lowest BCUT2D eigenvalue weighted by atomic mass is 10.2. The minimum Gasteiger partial charge on any atom is -0.459 e. The minimum absolute atomic E-state index is 0.00936. The molecule has 2 rings (SSSR count). The van der Waals surface area contributed by atoms with Crippen molar-refractivity contribution in [2.75, 3.05) is 39.3 Å². The highest BCUT2D eigenvalue weighted by atomic mass is 16.3. The molecule has 7 heteroatoms. The zero-order chi connectivity index (χ0) is 18.2. The van der Waals surface area contributed by atoms with Crippen molar-refractivity contribution in [1.82, 2.24) is 14.7 Å². The molecule has 1 aliphatic heterocycles. The van der Waals surface area contributed by atoms with Crippen LogP contribution in [0.5, 0.6) is 0 Å². The molecule has 0 atom stereocenters. The fraction of sp³-hybridized carbons (Fsp3) is 0.611. The van der Waals surface area contributed by atoms with Gasteiger partial charge in [0.2, 0.25) is 11.8 Å². The number of hydrogen-bond donors (Lipinski definition) is 0. The molecule has 0 bridgehead atoms. The molecular formula is C18H27N3O4. The van der Waals surface area contributed by atoms with Gasteiger partial charge >= 0.3 is 0 Å². The third-order valence-electron chi connectivity index (χ3n) is 4.47. The molecule has 0 aliphatic carbocycles. The van der Waals surface area contributed by atoms with E-state index in [4.69, 9.17) is 4.42 Å². The molecule has 0 spiro atoms. The maximum Gasteiger partial charge on any atom is 0.289 e. The second kappa shape index (κ2) is 9.25. The summed E-state index contributed by atoms with van der Waals surface area (Å²) < 4.78 is 5.13. The van der Waals surface area contributed by atoms with Gasteiger partial charge in [-0.2, -0.15) is 0 Å². The van der Waals surface area contributed by atoms with E-state index in [1.807, 2.05) is 0 Å². The number of nitrogens with zero attached hydrogens (tertiary/aromatic N) is 3. The Hall–Kier alpha value is -2.31. The maximum atomic E-state index is 12.4. The quantitative estimate of drug-likeness (QED) is 0.749. The van der Waals surface area contributed by atoms with Crippen LogP contribution in [0.3, 0.4) is 0 Å². The van der Waals surface area contributed by atoms with Gasteiger partial charge in [0.15, 0.2) is 5.76 Å². The fourth-order valence-electron chi connectivity index (χ4n) is 2.88. The maximum absolute atomic E-state index is 12.4. The van der Waals surface area contributed by atoms with E-state index in [0.29, 0.717) is 51.4 Å². The Kier molecular flexibility index (Phi) is 7.03. The Labute approximate surface area is 148 Å². The SMILES string of the molecule is CCCCN(CCC(=O)N1CCN(C(=O)c2ccco2)CC1)C(C)=O. The molecule has 1 aliphatic rings. The van der Waals surface area contributed by atoms with Gasteiger partial charge in [-0.15, -0.1) is 0 Å². The van der Waals surface area contributed by atoms with Crippen LogP contribution in [-0.2, 0) is 9.59 Å². The number of piperazine rings is 1. The average molecular weight is 349 g/mol. The van der Waals surface area contributed by atoms with Crippen LogP contribution in [0.1, 0.15) is 43.7 Å². The highest BCUT2D eigenvalue weighted by Gasteiger charge is 2.26. The van der Waals surface area contributed by atoms with Crippen molar-refractivity contribution in [3.63, 3.8) is 0 Å². The minimum atomic E-state index is -0.139. The topological polar surface area (TPSA) is 74.1 Å². The number of carbonyl (C=O) groups excluding carboxylic acids is 3. The summed E-state index contributed by atoms with van der Waals surface area (Å²) in [5.74, 6) is 0.232. The summed E-state index contributed by atoms with van der Waals surface area (Å²) >= 11 is 0. The van der Waals surface area contributed by atoms with Crippen molar-refractivity contribution in [3.8, 4) is 0 Å². The number of carbonyl (C=O) groups is 3. The molecule has 0 N–H and O–H groups in total. The molecule has 1 aromatic heterocycles. The lowest BCUT2D eigenvalue weighted by molar-refractivity contribution is -0.134. The molecule has 2 heterocycles. The van der Waals surface area contributed by atoms with Crippen LogP contribution in [0.25, 0.3) is 0 Å². The molecule has 0 unspecified atom stereocenters. The summed E-state index contributed by atoms with van der Waals surface area (Å²) in [6.45, 7) is 6.80. The Morgan fingerprint density at radius 1 is 1.12 bits per heavy atom. The van der Waals surface area contributed by atoms with Crippen molar-refractivity contribution < 1.29 is 18.8 Å². The first-order chi connectivity index (χ1) is 12.0. The van der Waals surface area contributed by atoms with E-state index in [0.717, 1.165) is 12.8 Å². The lowest BCUT2D eigenvalue weighted by Crippen LogP contribution is -2.51. The van der Waals surface area contributed by atoms with Crippen LogP contribution in [0.4, 0.5) is 0 Å². The zero-order valence-corrected chi connectivity index (χ0v) is 15.1. The van der Waals surface area contributed by atoms with Gasteiger partial charge in [-0.3, -0.25) is 14.4 Å². The summed E-state index contributed by atoms with van der Waals surface area (Å²) in [5.41, 5.74) is 0. The first-order valence-corrected chi connectivity index (χ1v) is 8.89. The third-order valence-corrected chi connectivity index (χ3v) is 4.47. The van der Waals surface area contributed by atoms with Gasteiger partial charge < -0.3 is 19.1 Å². The second-order valence-electron chi connectivity index (χ2n) is 6.26. The Balaban J connectivity index is 1.77. The van der Waals surface area contributed by atoms with Gasteiger partial charge in [0.05, 0.1) is 6.26 Å². The molecule has 3 amide bonds. The molecule has 25 heavy (non-hydrogen) atoms. The van der Waals surface area contributed by atoms with Gasteiger partial charge in [-0.25, -0.2) is 0 Å². The van der Waals surface area contributed by atoms with Crippen molar-refractivity contribution in [2.45, 2.75) is 33.1 Å². The molecule has 0 saturated carbocycles. The number of amides is 3. The summed E-state index contributed by atoms with van der Waals surface area (Å²) in [5, 5.41) is 0. The van der Waals surface area contributed by atoms with Gasteiger partial charge in [0.1, 0.15) is 0 Å². The number of furan rings is 1. The second-order valence-corrected chi connectivity index (χ2v) is 6.26. The Morgan fingerprint density at radius 3 is 2.36 bits per heavy atom. The van der Waals surface area contributed by atoms with E-state index >= 15 is 0 Å². The summed E-state index contributed by atoms with van der Waals surface area (Å²) in [6.07, 6.45) is 3.77. The normalized spacial score (nSPS) is 14.5. The van der Waals surface area contributed by atoms with E-state index in [1.165, 1.54) is 6.26 Å². The van der Waals surface area contributed by atoms with Crippen LogP contribution in [0.2, 0.25) is 0 Å². The first kappa shape index (κ1) is 19.0. The Bertz CT molecular complexity index is 577. The highest BCUT2D eigenvalue weighted by Crippen LogP contribution is 2.10. The first-order valence-electron chi connectivity index (χ1n) is 8.89.